The molecule has 0 saturated heterocycles. The summed E-state index contributed by atoms with van der Waals surface area (Å²) in [5.74, 6) is 2.26. The van der Waals surface area contributed by atoms with Crippen molar-refractivity contribution >= 4 is 55.9 Å². The molecular weight excluding hydrogens is 505 g/mol. The van der Waals surface area contributed by atoms with Gasteiger partial charge in [0.25, 0.3) is 0 Å². The van der Waals surface area contributed by atoms with Crippen LogP contribution in [-0.4, -0.2) is 37.5 Å². The Bertz CT molecular complexity index is 1260. The van der Waals surface area contributed by atoms with E-state index >= 15 is 0 Å². The number of nitrogens with one attached hydrogen (secondary N) is 3. The summed E-state index contributed by atoms with van der Waals surface area (Å²) in [4.78, 5) is 9.48. The first-order valence-corrected chi connectivity index (χ1v) is 14.2. The van der Waals surface area contributed by atoms with Gasteiger partial charge in [-0.2, -0.15) is 4.98 Å². The van der Waals surface area contributed by atoms with Crippen LogP contribution in [0.5, 0.6) is 0 Å². The molecule has 35 heavy (non-hydrogen) atoms. The monoisotopic (exact) mass is 535 g/mol. The van der Waals surface area contributed by atoms with E-state index in [0.717, 1.165) is 48.9 Å². The topological polar surface area (TPSA) is 96.0 Å². The van der Waals surface area contributed by atoms with E-state index in [1.54, 1.807) is 0 Å². The lowest BCUT2D eigenvalue weighted by atomic mass is 9.82. The molecule has 0 amide bonds. The van der Waals surface area contributed by atoms with Crippen LogP contribution >= 0.6 is 23.2 Å². The first-order valence-electron chi connectivity index (χ1n) is 11.9. The summed E-state index contributed by atoms with van der Waals surface area (Å²) in [5.41, 5.74) is 0.908. The van der Waals surface area contributed by atoms with Crippen molar-refractivity contribution in [3.8, 4) is 0 Å². The predicted octanol–water partition coefficient (Wildman–Crippen LogP) is 5.95. The molecule has 0 bridgehead atoms. The van der Waals surface area contributed by atoms with E-state index in [-0.39, 0.29) is 10.9 Å². The van der Waals surface area contributed by atoms with Crippen LogP contribution in [0.3, 0.4) is 0 Å². The summed E-state index contributed by atoms with van der Waals surface area (Å²) in [7, 11) is -3.65. The maximum absolute atomic E-state index is 12.6. The SMILES string of the molecule is CC(C)Nc1nc(NC[C@H]2CC[C@H](CNS(=O)(=O)c3cc(Cl)cc(Cl)c3)CC2)nc2ccccc12. The van der Waals surface area contributed by atoms with Gasteiger partial charge >= 0.3 is 0 Å². The first kappa shape index (κ1) is 25.9. The highest BCUT2D eigenvalue weighted by Gasteiger charge is 2.24. The molecule has 0 unspecified atom stereocenters. The van der Waals surface area contributed by atoms with Crippen LogP contribution in [-0.2, 0) is 10.0 Å². The summed E-state index contributed by atoms with van der Waals surface area (Å²) in [6, 6.07) is 12.6. The number of fused-ring (bicyclic) bond motifs is 1. The van der Waals surface area contributed by atoms with Crippen molar-refractivity contribution in [3.63, 3.8) is 0 Å². The molecule has 0 aliphatic heterocycles. The molecule has 0 atom stereocenters. The third-order valence-electron chi connectivity index (χ3n) is 6.25. The zero-order chi connectivity index (χ0) is 25.0. The molecule has 1 aliphatic carbocycles. The van der Waals surface area contributed by atoms with Crippen molar-refractivity contribution in [1.29, 1.82) is 0 Å². The number of hydrogen-bond donors (Lipinski definition) is 3. The van der Waals surface area contributed by atoms with E-state index in [2.05, 4.69) is 34.2 Å². The number of benzene rings is 2. The molecule has 0 radical (unpaired) electrons. The van der Waals surface area contributed by atoms with Gasteiger partial charge in [-0.25, -0.2) is 18.1 Å². The molecule has 1 heterocycles. The molecule has 10 heteroatoms. The number of nitrogens with zero attached hydrogens (tertiary/aromatic N) is 2. The molecule has 188 valence electrons. The van der Waals surface area contributed by atoms with Gasteiger partial charge in [-0.15, -0.1) is 0 Å². The van der Waals surface area contributed by atoms with Crippen LogP contribution in [0.2, 0.25) is 10.0 Å². The summed E-state index contributed by atoms with van der Waals surface area (Å²) >= 11 is 11.9. The van der Waals surface area contributed by atoms with Crippen molar-refractivity contribution in [2.45, 2.75) is 50.5 Å². The fourth-order valence-electron chi connectivity index (χ4n) is 4.41. The molecule has 4 rings (SSSR count). The van der Waals surface area contributed by atoms with Crippen molar-refractivity contribution < 1.29 is 8.42 Å². The number of para-hydroxylation sites is 1. The fourth-order valence-corrected chi connectivity index (χ4v) is 6.25. The van der Waals surface area contributed by atoms with Gasteiger partial charge in [0.05, 0.1) is 10.4 Å². The summed E-state index contributed by atoms with van der Waals surface area (Å²) < 4.78 is 28.0. The molecule has 2 aromatic carbocycles. The second-order valence-corrected chi connectivity index (χ2v) is 12.1. The number of sulfonamides is 1. The van der Waals surface area contributed by atoms with Crippen molar-refractivity contribution in [2.75, 3.05) is 23.7 Å². The van der Waals surface area contributed by atoms with Gasteiger partial charge in [0.2, 0.25) is 16.0 Å². The van der Waals surface area contributed by atoms with Gasteiger partial charge < -0.3 is 10.6 Å². The quantitative estimate of drug-likeness (QED) is 0.313. The highest BCUT2D eigenvalue weighted by atomic mass is 35.5. The number of aromatic nitrogens is 2. The number of halogens is 2. The lowest BCUT2D eigenvalue weighted by Gasteiger charge is -2.28. The average molecular weight is 537 g/mol. The second-order valence-electron chi connectivity index (χ2n) is 9.44. The van der Waals surface area contributed by atoms with Crippen LogP contribution in [0.15, 0.2) is 47.4 Å². The summed E-state index contributed by atoms with van der Waals surface area (Å²) in [6.45, 7) is 5.38. The normalized spacial score (nSPS) is 18.7. The number of anilines is 2. The number of hydrogen-bond acceptors (Lipinski definition) is 6. The highest BCUT2D eigenvalue weighted by molar-refractivity contribution is 7.89. The molecule has 1 aliphatic rings. The average Bonchev–Trinajstić information content (AvgIpc) is 2.81. The molecule has 7 nitrogen and oxygen atoms in total. The van der Waals surface area contributed by atoms with E-state index in [9.17, 15) is 8.42 Å². The second kappa shape index (κ2) is 11.3. The standard InChI is InChI=1S/C25H31Cl2N5O2S/c1-16(2)30-24-22-5-3-4-6-23(22)31-25(32-24)28-14-17-7-9-18(10-8-17)15-29-35(33,34)21-12-19(26)11-20(27)13-21/h3-6,11-13,16-18,29H,7-10,14-15H2,1-2H3,(H2,28,30,31,32)/t17-,18-. The maximum Gasteiger partial charge on any atom is 0.240 e. The van der Waals surface area contributed by atoms with Crippen molar-refractivity contribution in [3.05, 3.63) is 52.5 Å². The molecule has 3 N–H and O–H groups in total. The van der Waals surface area contributed by atoms with Gasteiger partial charge in [0.15, 0.2) is 0 Å². The third kappa shape index (κ3) is 6.97. The minimum Gasteiger partial charge on any atom is -0.367 e. The Labute approximate surface area is 217 Å². The minimum absolute atomic E-state index is 0.0922. The zero-order valence-corrected chi connectivity index (χ0v) is 22.2. The Balaban J connectivity index is 1.29. The van der Waals surface area contributed by atoms with Gasteiger partial charge in [-0.1, -0.05) is 35.3 Å². The predicted molar refractivity (Wildman–Crippen MR) is 144 cm³/mol. The molecule has 3 aromatic rings. The molecular formula is C25H31Cl2N5O2S. The lowest BCUT2D eigenvalue weighted by Crippen LogP contribution is -2.32. The Morgan fingerprint density at radius 1 is 0.943 bits per heavy atom. The smallest absolute Gasteiger partial charge is 0.240 e. The van der Waals surface area contributed by atoms with Crippen LogP contribution in [0.4, 0.5) is 11.8 Å². The van der Waals surface area contributed by atoms with Crippen LogP contribution in [0.1, 0.15) is 39.5 Å². The largest absolute Gasteiger partial charge is 0.367 e. The maximum atomic E-state index is 12.6. The highest BCUT2D eigenvalue weighted by Crippen LogP contribution is 2.30. The Hall–Kier alpha value is -2.13. The minimum atomic E-state index is -3.65. The van der Waals surface area contributed by atoms with Crippen molar-refractivity contribution in [1.82, 2.24) is 14.7 Å². The van der Waals surface area contributed by atoms with Crippen molar-refractivity contribution in [2.24, 2.45) is 11.8 Å². The Kier molecular flexibility index (Phi) is 8.37. The Morgan fingerprint density at radius 3 is 2.23 bits per heavy atom. The van der Waals surface area contributed by atoms with E-state index in [1.165, 1.54) is 18.2 Å². The molecule has 0 spiro atoms. The lowest BCUT2D eigenvalue weighted by molar-refractivity contribution is 0.284. The van der Waals surface area contributed by atoms with Gasteiger partial charge in [-0.05, 0) is 81.7 Å². The molecule has 1 saturated carbocycles. The summed E-state index contributed by atoms with van der Waals surface area (Å²) in [6.07, 6.45) is 3.97. The van der Waals surface area contributed by atoms with E-state index in [1.807, 2.05) is 24.3 Å². The van der Waals surface area contributed by atoms with Gasteiger partial charge in [0.1, 0.15) is 5.82 Å². The van der Waals surface area contributed by atoms with Gasteiger partial charge in [0, 0.05) is 34.6 Å². The summed E-state index contributed by atoms with van der Waals surface area (Å²) in [5, 5.41) is 8.45. The molecule has 1 fully saturated rings. The van der Waals surface area contributed by atoms with E-state index in [4.69, 9.17) is 28.2 Å². The van der Waals surface area contributed by atoms with E-state index < -0.39 is 10.0 Å². The van der Waals surface area contributed by atoms with Crippen LogP contribution < -0.4 is 15.4 Å². The fraction of sp³-hybridized carbons (Fsp3) is 0.440. The molecule has 1 aromatic heterocycles. The zero-order valence-electron chi connectivity index (χ0n) is 19.9. The number of rotatable bonds is 9. The third-order valence-corrected chi connectivity index (χ3v) is 8.09. The first-order chi connectivity index (χ1) is 16.7. The Morgan fingerprint density at radius 2 is 1.57 bits per heavy atom. The van der Waals surface area contributed by atoms with E-state index in [0.29, 0.717) is 34.4 Å². The van der Waals surface area contributed by atoms with Gasteiger partial charge in [-0.3, -0.25) is 0 Å². The van der Waals surface area contributed by atoms with Crippen LogP contribution in [0.25, 0.3) is 10.9 Å². The van der Waals surface area contributed by atoms with Crippen LogP contribution in [0, 0.1) is 11.8 Å².